The Morgan fingerprint density at radius 2 is 2.22 bits per heavy atom. The van der Waals surface area contributed by atoms with Gasteiger partial charge in [0.05, 0.1) is 23.9 Å². The molecule has 1 heterocycles. The molecule has 0 aliphatic heterocycles. The SMILES string of the molecule is C[C@H](O)c1ccc(C#N)cc1Sc1cnccn1. The maximum absolute atomic E-state index is 9.71. The lowest BCUT2D eigenvalue weighted by Gasteiger charge is -2.11. The zero-order valence-electron chi connectivity index (χ0n) is 9.74. The zero-order valence-corrected chi connectivity index (χ0v) is 10.6. The maximum Gasteiger partial charge on any atom is 0.119 e. The molecule has 1 aromatic heterocycles. The normalized spacial score (nSPS) is 11.8. The average molecular weight is 257 g/mol. The van der Waals surface area contributed by atoms with E-state index in [0.29, 0.717) is 5.56 Å². The van der Waals surface area contributed by atoms with Crippen LogP contribution in [0.3, 0.4) is 0 Å². The molecule has 0 amide bonds. The second kappa shape index (κ2) is 5.63. The second-order valence-corrected chi connectivity index (χ2v) is 4.75. The van der Waals surface area contributed by atoms with Crippen molar-refractivity contribution in [3.05, 3.63) is 47.9 Å². The first-order valence-corrected chi connectivity index (χ1v) is 6.18. The van der Waals surface area contributed by atoms with E-state index < -0.39 is 6.10 Å². The quantitative estimate of drug-likeness (QED) is 0.915. The Balaban J connectivity index is 2.39. The summed E-state index contributed by atoms with van der Waals surface area (Å²) in [5.74, 6) is 0. The van der Waals surface area contributed by atoms with E-state index in [0.717, 1.165) is 15.5 Å². The van der Waals surface area contributed by atoms with Gasteiger partial charge in [0.15, 0.2) is 0 Å². The van der Waals surface area contributed by atoms with Gasteiger partial charge in [0.2, 0.25) is 0 Å². The Morgan fingerprint density at radius 1 is 1.39 bits per heavy atom. The van der Waals surface area contributed by atoms with Gasteiger partial charge in [0.25, 0.3) is 0 Å². The molecule has 0 saturated heterocycles. The molecule has 5 heteroatoms. The van der Waals surface area contributed by atoms with E-state index in [-0.39, 0.29) is 0 Å². The van der Waals surface area contributed by atoms with Crippen LogP contribution in [0.2, 0.25) is 0 Å². The minimum Gasteiger partial charge on any atom is -0.389 e. The molecule has 1 N–H and O–H groups in total. The van der Waals surface area contributed by atoms with E-state index in [1.54, 1.807) is 43.7 Å². The van der Waals surface area contributed by atoms with Gasteiger partial charge in [0, 0.05) is 17.3 Å². The summed E-state index contributed by atoms with van der Waals surface area (Å²) in [7, 11) is 0. The van der Waals surface area contributed by atoms with Crippen molar-refractivity contribution in [3.63, 3.8) is 0 Å². The average Bonchev–Trinajstić information content (AvgIpc) is 2.39. The summed E-state index contributed by atoms with van der Waals surface area (Å²) in [5.41, 5.74) is 1.34. The number of aliphatic hydroxyl groups excluding tert-OH is 1. The molecule has 4 nitrogen and oxygen atoms in total. The van der Waals surface area contributed by atoms with Crippen molar-refractivity contribution < 1.29 is 5.11 Å². The Kier molecular flexibility index (Phi) is 3.92. The minimum absolute atomic E-state index is 0.561. The van der Waals surface area contributed by atoms with Gasteiger partial charge in [-0.1, -0.05) is 17.8 Å². The second-order valence-electron chi connectivity index (χ2n) is 3.69. The number of rotatable bonds is 3. The molecule has 0 spiro atoms. The van der Waals surface area contributed by atoms with Crippen LogP contribution in [0.15, 0.2) is 46.7 Å². The number of nitrogens with zero attached hydrogens (tertiary/aromatic N) is 3. The van der Waals surface area contributed by atoms with Gasteiger partial charge in [-0.2, -0.15) is 5.26 Å². The highest BCUT2D eigenvalue weighted by Crippen LogP contribution is 2.32. The molecular weight excluding hydrogens is 246 g/mol. The van der Waals surface area contributed by atoms with Gasteiger partial charge in [-0.15, -0.1) is 0 Å². The molecule has 2 aromatic rings. The van der Waals surface area contributed by atoms with Gasteiger partial charge in [-0.3, -0.25) is 4.98 Å². The third-order valence-electron chi connectivity index (χ3n) is 2.35. The lowest BCUT2D eigenvalue weighted by atomic mass is 10.1. The van der Waals surface area contributed by atoms with E-state index in [1.165, 1.54) is 11.8 Å². The highest BCUT2D eigenvalue weighted by Gasteiger charge is 2.11. The predicted molar refractivity (Wildman–Crippen MR) is 67.9 cm³/mol. The van der Waals surface area contributed by atoms with Crippen LogP contribution < -0.4 is 0 Å². The standard InChI is InChI=1S/C13H11N3OS/c1-9(17)11-3-2-10(7-14)6-12(11)18-13-8-15-4-5-16-13/h2-6,8-9,17H,1H3/t9-/m0/s1. The summed E-state index contributed by atoms with van der Waals surface area (Å²) in [6, 6.07) is 7.30. The summed E-state index contributed by atoms with van der Waals surface area (Å²) in [6.45, 7) is 1.70. The molecule has 0 bridgehead atoms. The van der Waals surface area contributed by atoms with E-state index in [1.807, 2.05) is 0 Å². The first-order valence-electron chi connectivity index (χ1n) is 5.36. The number of aliphatic hydroxyl groups is 1. The van der Waals surface area contributed by atoms with Crippen molar-refractivity contribution in [1.29, 1.82) is 5.26 Å². The zero-order chi connectivity index (χ0) is 13.0. The van der Waals surface area contributed by atoms with Crippen LogP contribution >= 0.6 is 11.8 Å². The highest BCUT2D eigenvalue weighted by atomic mass is 32.2. The molecule has 0 radical (unpaired) electrons. The van der Waals surface area contributed by atoms with Crippen LogP contribution in [0.4, 0.5) is 0 Å². The van der Waals surface area contributed by atoms with Crippen LogP contribution in [-0.2, 0) is 0 Å². The first kappa shape index (κ1) is 12.6. The monoisotopic (exact) mass is 257 g/mol. The minimum atomic E-state index is -0.586. The molecule has 2 rings (SSSR count). The maximum atomic E-state index is 9.71. The molecule has 0 aliphatic rings. The Morgan fingerprint density at radius 3 is 2.83 bits per heavy atom. The van der Waals surface area contributed by atoms with E-state index in [4.69, 9.17) is 5.26 Å². The number of nitriles is 1. The van der Waals surface area contributed by atoms with E-state index in [2.05, 4.69) is 16.0 Å². The molecular formula is C13H11N3OS. The number of benzene rings is 1. The van der Waals surface area contributed by atoms with Gasteiger partial charge in [-0.05, 0) is 24.6 Å². The number of hydrogen-bond donors (Lipinski definition) is 1. The summed E-state index contributed by atoms with van der Waals surface area (Å²) in [6.07, 6.45) is 4.27. The molecule has 0 saturated carbocycles. The Labute approximate surface area is 109 Å². The van der Waals surface area contributed by atoms with Gasteiger partial charge in [-0.25, -0.2) is 4.98 Å². The lowest BCUT2D eigenvalue weighted by molar-refractivity contribution is 0.196. The number of hydrogen-bond acceptors (Lipinski definition) is 5. The largest absolute Gasteiger partial charge is 0.389 e. The first-order chi connectivity index (χ1) is 8.70. The molecule has 18 heavy (non-hydrogen) atoms. The van der Waals surface area contributed by atoms with Gasteiger partial charge in [0.1, 0.15) is 5.03 Å². The van der Waals surface area contributed by atoms with Crippen molar-refractivity contribution in [2.24, 2.45) is 0 Å². The fourth-order valence-electron chi connectivity index (χ4n) is 1.49. The molecule has 90 valence electrons. The van der Waals surface area contributed by atoms with Crippen LogP contribution in [-0.4, -0.2) is 15.1 Å². The summed E-state index contributed by atoms with van der Waals surface area (Å²) in [5, 5.41) is 19.4. The summed E-state index contributed by atoms with van der Waals surface area (Å²) in [4.78, 5) is 8.98. The summed E-state index contributed by atoms with van der Waals surface area (Å²) < 4.78 is 0. The molecule has 0 unspecified atom stereocenters. The smallest absolute Gasteiger partial charge is 0.119 e. The lowest BCUT2D eigenvalue weighted by Crippen LogP contribution is -1.95. The van der Waals surface area contributed by atoms with E-state index in [9.17, 15) is 5.11 Å². The Hall–Kier alpha value is -1.90. The van der Waals surface area contributed by atoms with Crippen molar-refractivity contribution in [1.82, 2.24) is 9.97 Å². The molecule has 0 aliphatic carbocycles. The van der Waals surface area contributed by atoms with Crippen molar-refractivity contribution in [2.75, 3.05) is 0 Å². The molecule has 0 fully saturated rings. The number of aromatic nitrogens is 2. The van der Waals surface area contributed by atoms with Gasteiger partial charge < -0.3 is 5.11 Å². The van der Waals surface area contributed by atoms with Crippen LogP contribution in [0.25, 0.3) is 0 Å². The topological polar surface area (TPSA) is 69.8 Å². The van der Waals surface area contributed by atoms with Crippen molar-refractivity contribution in [2.45, 2.75) is 22.9 Å². The fourth-order valence-corrected chi connectivity index (χ4v) is 2.48. The van der Waals surface area contributed by atoms with Crippen molar-refractivity contribution in [3.8, 4) is 6.07 Å². The van der Waals surface area contributed by atoms with Crippen LogP contribution in [0.5, 0.6) is 0 Å². The third-order valence-corrected chi connectivity index (χ3v) is 3.34. The van der Waals surface area contributed by atoms with Gasteiger partial charge >= 0.3 is 0 Å². The van der Waals surface area contributed by atoms with Crippen molar-refractivity contribution >= 4 is 11.8 Å². The summed E-state index contributed by atoms with van der Waals surface area (Å²) >= 11 is 1.39. The molecule has 1 aromatic carbocycles. The highest BCUT2D eigenvalue weighted by molar-refractivity contribution is 7.99. The third kappa shape index (κ3) is 2.86. The predicted octanol–water partition coefficient (Wildman–Crippen LogP) is 2.55. The van der Waals surface area contributed by atoms with Crippen LogP contribution in [0.1, 0.15) is 24.2 Å². The Bertz CT molecular complexity index is 579. The molecule has 1 atom stereocenters. The fraction of sp³-hybridized carbons (Fsp3) is 0.154. The van der Waals surface area contributed by atoms with E-state index >= 15 is 0 Å². The van der Waals surface area contributed by atoms with Crippen LogP contribution in [0, 0.1) is 11.3 Å².